The van der Waals surface area contributed by atoms with Gasteiger partial charge in [0.1, 0.15) is 0 Å². The molecule has 0 saturated heterocycles. The zero-order chi connectivity index (χ0) is 16.3. The Bertz CT molecular complexity index is 211. The summed E-state index contributed by atoms with van der Waals surface area (Å²) in [6.07, 6.45) is 15.4. The van der Waals surface area contributed by atoms with Crippen LogP contribution in [0.1, 0.15) is 90.9 Å². The molecule has 0 aliphatic carbocycles. The topological polar surface area (TPSA) is 40.5 Å². The van der Waals surface area contributed by atoms with Gasteiger partial charge in [-0.2, -0.15) is 0 Å². The van der Waals surface area contributed by atoms with Crippen LogP contribution >= 0.6 is 0 Å². The number of carboxylic acids is 1. The van der Waals surface area contributed by atoms with Gasteiger partial charge in [0.2, 0.25) is 0 Å². The summed E-state index contributed by atoms with van der Waals surface area (Å²) in [5, 5.41) is 7.91. The Morgan fingerprint density at radius 3 is 1.45 bits per heavy atom. The van der Waals surface area contributed by atoms with Gasteiger partial charge in [-0.1, -0.05) is 71.6 Å². The van der Waals surface area contributed by atoms with E-state index in [1.807, 2.05) is 6.92 Å². The molecule has 0 unspecified atom stereocenters. The molecule has 0 aliphatic heterocycles. The summed E-state index contributed by atoms with van der Waals surface area (Å²) in [5.41, 5.74) is 0. The summed E-state index contributed by atoms with van der Waals surface area (Å²) in [6.45, 7) is 5.38. The van der Waals surface area contributed by atoms with Gasteiger partial charge in [0.15, 0.2) is 0 Å². The van der Waals surface area contributed by atoms with Crippen LogP contribution in [0.3, 0.4) is 0 Å². The van der Waals surface area contributed by atoms with Crippen LogP contribution in [0.4, 0.5) is 0 Å². The molecule has 0 fully saturated rings. The number of nitrogens with zero attached hydrogens (tertiary/aromatic N) is 1. The second-order valence-electron chi connectivity index (χ2n) is 6.13. The van der Waals surface area contributed by atoms with Crippen molar-refractivity contribution in [2.45, 2.75) is 90.9 Å². The molecule has 0 amide bonds. The van der Waals surface area contributed by atoms with E-state index in [2.05, 4.69) is 25.9 Å². The van der Waals surface area contributed by atoms with Crippen molar-refractivity contribution in [3.8, 4) is 0 Å². The van der Waals surface area contributed by atoms with Crippen molar-refractivity contribution in [1.29, 1.82) is 0 Å². The Labute approximate surface area is 161 Å². The fourth-order valence-corrected chi connectivity index (χ4v) is 2.13. The van der Waals surface area contributed by atoms with Crippen molar-refractivity contribution in [1.82, 2.24) is 4.90 Å². The van der Waals surface area contributed by atoms with Gasteiger partial charge in [-0.25, -0.2) is 0 Å². The zero-order valence-corrected chi connectivity index (χ0v) is 15.0. The molecule has 130 valence electrons. The van der Waals surface area contributed by atoms with E-state index < -0.39 is 5.97 Å². The summed E-state index contributed by atoms with van der Waals surface area (Å²) >= 11 is 0. The van der Waals surface area contributed by atoms with E-state index in [9.17, 15) is 4.79 Å². The molecule has 0 radical (unpaired) electrons. The average Bonchev–Trinajstić information content (AvgIpc) is 2.41. The van der Waals surface area contributed by atoms with Gasteiger partial charge in [0.25, 0.3) is 0 Å². The van der Waals surface area contributed by atoms with Crippen LogP contribution in [0, 0.1) is 0 Å². The number of hydrogen-bond donors (Lipinski definition) is 1. The molecule has 0 rings (SSSR count). The number of hydrogen-bond acceptors (Lipinski definition) is 2. The summed E-state index contributed by atoms with van der Waals surface area (Å²) in [6, 6.07) is 0. The van der Waals surface area contributed by atoms with Crippen LogP contribution in [0.25, 0.3) is 0 Å². The minimum absolute atomic E-state index is 0. The Morgan fingerprint density at radius 2 is 1.18 bits per heavy atom. The molecule has 3 nitrogen and oxygen atoms in total. The number of aliphatic carboxylic acids is 1. The Kier molecular flexibility index (Phi) is 29.4. The molecule has 0 aromatic carbocycles. The van der Waals surface area contributed by atoms with Crippen LogP contribution < -0.4 is 0 Å². The third-order valence-electron chi connectivity index (χ3n) is 3.42. The molecule has 0 saturated carbocycles. The van der Waals surface area contributed by atoms with E-state index >= 15 is 0 Å². The van der Waals surface area contributed by atoms with Crippen molar-refractivity contribution in [3.05, 3.63) is 0 Å². The SMILES string of the molecule is CCCC(=O)O.CCCCCCCCCCCCN(C)C.[NaH]. The fourth-order valence-electron chi connectivity index (χ4n) is 2.13. The van der Waals surface area contributed by atoms with E-state index in [1.54, 1.807) is 0 Å². The van der Waals surface area contributed by atoms with Gasteiger partial charge in [-0.3, -0.25) is 4.79 Å². The quantitative estimate of drug-likeness (QED) is 0.394. The Balaban J connectivity index is -0.000000439. The van der Waals surface area contributed by atoms with Gasteiger partial charge in [-0.15, -0.1) is 0 Å². The van der Waals surface area contributed by atoms with Crippen molar-refractivity contribution < 1.29 is 9.90 Å². The van der Waals surface area contributed by atoms with Crippen LogP contribution in [0.15, 0.2) is 0 Å². The number of unbranched alkanes of at least 4 members (excludes halogenated alkanes) is 9. The second-order valence-corrected chi connectivity index (χ2v) is 6.13. The maximum atomic E-state index is 9.60. The first kappa shape index (κ1) is 27.3. The zero-order valence-electron chi connectivity index (χ0n) is 15.0. The monoisotopic (exact) mass is 325 g/mol. The first-order chi connectivity index (χ1) is 10.0. The Morgan fingerprint density at radius 1 is 0.773 bits per heavy atom. The van der Waals surface area contributed by atoms with Gasteiger partial charge in [0.05, 0.1) is 0 Å². The van der Waals surface area contributed by atoms with E-state index in [0.717, 1.165) is 6.42 Å². The number of rotatable bonds is 13. The van der Waals surface area contributed by atoms with Crippen LogP contribution in [0.5, 0.6) is 0 Å². The van der Waals surface area contributed by atoms with Crippen molar-refractivity contribution in [2.75, 3.05) is 20.6 Å². The molecule has 1 N–H and O–H groups in total. The minimum atomic E-state index is -0.711. The maximum absolute atomic E-state index is 9.60. The first-order valence-electron chi connectivity index (χ1n) is 8.91. The molecular formula is C18H40NNaO2. The van der Waals surface area contributed by atoms with E-state index in [1.165, 1.54) is 70.8 Å². The molecule has 0 spiro atoms. The third kappa shape index (κ3) is 32.4. The average molecular weight is 326 g/mol. The van der Waals surface area contributed by atoms with Crippen molar-refractivity contribution >= 4 is 35.5 Å². The van der Waals surface area contributed by atoms with E-state index in [0.29, 0.717) is 6.42 Å². The van der Waals surface area contributed by atoms with E-state index in [-0.39, 0.29) is 29.6 Å². The normalized spacial score (nSPS) is 9.86. The van der Waals surface area contributed by atoms with Crippen molar-refractivity contribution in [2.24, 2.45) is 0 Å². The first-order valence-corrected chi connectivity index (χ1v) is 8.91. The van der Waals surface area contributed by atoms with Gasteiger partial charge < -0.3 is 10.0 Å². The summed E-state index contributed by atoms with van der Waals surface area (Å²) < 4.78 is 0. The molecular weight excluding hydrogens is 285 g/mol. The van der Waals surface area contributed by atoms with Gasteiger partial charge in [0, 0.05) is 6.42 Å². The fraction of sp³-hybridized carbons (Fsp3) is 0.944. The second kappa shape index (κ2) is 23.7. The van der Waals surface area contributed by atoms with Crippen molar-refractivity contribution in [3.63, 3.8) is 0 Å². The molecule has 0 heterocycles. The molecule has 0 aromatic heterocycles. The number of carboxylic acid groups (broad SMARTS) is 1. The Hall–Kier alpha value is 0.430. The predicted molar refractivity (Wildman–Crippen MR) is 100 cm³/mol. The van der Waals surface area contributed by atoms with Gasteiger partial charge in [-0.05, 0) is 33.5 Å². The summed E-state index contributed by atoms with van der Waals surface area (Å²) in [4.78, 5) is 11.9. The van der Waals surface area contributed by atoms with Crippen LogP contribution in [-0.4, -0.2) is 66.2 Å². The van der Waals surface area contributed by atoms with E-state index in [4.69, 9.17) is 5.11 Å². The number of carbonyl (C=O) groups is 1. The molecule has 0 aliphatic rings. The predicted octanol–water partition coefficient (Wildman–Crippen LogP) is 4.69. The molecule has 0 aromatic rings. The van der Waals surface area contributed by atoms with Crippen LogP contribution in [-0.2, 0) is 4.79 Å². The molecule has 22 heavy (non-hydrogen) atoms. The summed E-state index contributed by atoms with van der Waals surface area (Å²) in [7, 11) is 4.32. The molecule has 0 atom stereocenters. The third-order valence-corrected chi connectivity index (χ3v) is 3.42. The molecule has 4 heteroatoms. The molecule has 0 bridgehead atoms. The van der Waals surface area contributed by atoms with Crippen LogP contribution in [0.2, 0.25) is 0 Å². The standard InChI is InChI=1S/C14H31N.C4H8O2.Na.H/c1-4-5-6-7-8-9-10-11-12-13-14-15(2)3;1-2-3-4(5)6;;/h4-14H2,1-3H3;2-3H2,1H3,(H,5,6);;. The van der Waals surface area contributed by atoms with Gasteiger partial charge >= 0.3 is 35.5 Å². The summed E-state index contributed by atoms with van der Waals surface area (Å²) in [5.74, 6) is -0.711.